The van der Waals surface area contributed by atoms with Crippen LogP contribution in [0.2, 0.25) is 0 Å². The van der Waals surface area contributed by atoms with E-state index in [-0.39, 0.29) is 28.8 Å². The number of Topliss-reactive ketones (excluding diaryl/α,β-unsaturated/α-hetero) is 1. The number of furan rings is 1. The minimum atomic E-state index is -0.342. The van der Waals surface area contributed by atoms with E-state index in [1.165, 1.54) is 26.2 Å². The number of ether oxygens (including phenoxy) is 1. The lowest BCUT2D eigenvalue weighted by molar-refractivity contribution is 0.0976. The summed E-state index contributed by atoms with van der Waals surface area (Å²) in [7, 11) is 1.41. The Hall–Kier alpha value is -1.84. The summed E-state index contributed by atoms with van der Waals surface area (Å²) in [5.74, 6) is -0.383. The van der Waals surface area contributed by atoms with E-state index < -0.39 is 0 Å². The van der Waals surface area contributed by atoms with Crippen molar-refractivity contribution >= 4 is 11.6 Å². The Morgan fingerprint density at radius 3 is 2.60 bits per heavy atom. The third-order valence-corrected chi connectivity index (χ3v) is 1.83. The minimum Gasteiger partial charge on any atom is -0.468 e. The van der Waals surface area contributed by atoms with Gasteiger partial charge in [0.2, 0.25) is 5.78 Å². The number of methoxy groups -OCH3 is 1. The average Bonchev–Trinajstić information content (AvgIpc) is 2.61. The molecule has 0 bridgehead atoms. The fourth-order valence-corrected chi connectivity index (χ4v) is 1.14. The van der Waals surface area contributed by atoms with Crippen LogP contribution in [-0.4, -0.2) is 18.7 Å². The first kappa shape index (κ1) is 11.2. The summed E-state index contributed by atoms with van der Waals surface area (Å²) in [6, 6.07) is 1.42. The molecule has 4 nitrogen and oxygen atoms in total. The van der Waals surface area contributed by atoms with Crippen molar-refractivity contribution in [3.8, 4) is 5.95 Å². The molecule has 1 aromatic rings. The predicted molar refractivity (Wildman–Crippen MR) is 54.4 cm³/mol. The number of ketones is 2. The van der Waals surface area contributed by atoms with Gasteiger partial charge in [-0.15, -0.1) is 0 Å². The van der Waals surface area contributed by atoms with Gasteiger partial charge in [0.25, 0.3) is 5.95 Å². The van der Waals surface area contributed by atoms with E-state index in [2.05, 4.69) is 0 Å². The monoisotopic (exact) mass is 208 g/mol. The Balaban J connectivity index is 3.20. The summed E-state index contributed by atoms with van der Waals surface area (Å²) in [5.41, 5.74) is 0.245. The van der Waals surface area contributed by atoms with Gasteiger partial charge >= 0.3 is 0 Å². The largest absolute Gasteiger partial charge is 0.468 e. The van der Waals surface area contributed by atoms with Gasteiger partial charge in [0.15, 0.2) is 11.5 Å². The quantitative estimate of drug-likeness (QED) is 0.562. The Kier molecular flexibility index (Phi) is 3.44. The van der Waals surface area contributed by atoms with Crippen LogP contribution in [0.1, 0.15) is 34.8 Å². The first-order chi connectivity index (χ1) is 7.10. The Labute approximate surface area is 87.5 Å². The number of carbonyl (C=O) groups is 2. The van der Waals surface area contributed by atoms with Crippen LogP contribution >= 0.6 is 0 Å². The molecule has 0 unspecified atom stereocenters. The number of rotatable bonds is 4. The molecule has 0 N–H and O–H groups in total. The van der Waals surface area contributed by atoms with Gasteiger partial charge in [-0.2, -0.15) is 0 Å². The van der Waals surface area contributed by atoms with Crippen molar-refractivity contribution in [2.75, 3.05) is 7.11 Å². The summed E-state index contributed by atoms with van der Waals surface area (Å²) < 4.78 is 9.91. The van der Waals surface area contributed by atoms with Gasteiger partial charge < -0.3 is 9.15 Å². The van der Waals surface area contributed by atoms with Crippen molar-refractivity contribution in [3.05, 3.63) is 29.5 Å². The maximum Gasteiger partial charge on any atom is 0.285 e. The molecule has 1 heterocycles. The number of hydrogen-bond acceptors (Lipinski definition) is 4. The first-order valence-corrected chi connectivity index (χ1v) is 4.46. The van der Waals surface area contributed by atoms with Crippen molar-refractivity contribution in [3.63, 3.8) is 0 Å². The van der Waals surface area contributed by atoms with E-state index in [0.717, 1.165) is 0 Å². The third kappa shape index (κ3) is 2.34. The number of allylic oxidation sites excluding steroid dienone is 2. The molecule has 0 aliphatic heterocycles. The summed E-state index contributed by atoms with van der Waals surface area (Å²) >= 11 is 0. The van der Waals surface area contributed by atoms with Gasteiger partial charge in [-0.3, -0.25) is 9.59 Å². The second kappa shape index (κ2) is 4.59. The summed E-state index contributed by atoms with van der Waals surface area (Å²) in [6.45, 7) is 3.09. The number of hydrogen-bond donors (Lipinski definition) is 0. The highest BCUT2D eigenvalue weighted by Crippen LogP contribution is 2.22. The van der Waals surface area contributed by atoms with Gasteiger partial charge in [-0.25, -0.2) is 0 Å². The molecule has 80 valence electrons. The van der Waals surface area contributed by atoms with Crippen LogP contribution in [0, 0.1) is 0 Å². The molecule has 0 radical (unpaired) electrons. The van der Waals surface area contributed by atoms with E-state index in [1.54, 1.807) is 13.0 Å². The first-order valence-electron chi connectivity index (χ1n) is 4.46. The second-order valence-corrected chi connectivity index (χ2v) is 2.93. The highest BCUT2D eigenvalue weighted by Gasteiger charge is 2.19. The van der Waals surface area contributed by atoms with Crippen LogP contribution in [0.25, 0.3) is 0 Å². The molecule has 1 rings (SSSR count). The molecule has 0 amide bonds. The van der Waals surface area contributed by atoms with E-state index in [9.17, 15) is 9.59 Å². The predicted octanol–water partition coefficient (Wildman–Crippen LogP) is 2.25. The Bertz CT molecular complexity index is 412. The molecule has 0 aliphatic rings. The van der Waals surface area contributed by atoms with Crippen LogP contribution in [0.3, 0.4) is 0 Å². The maximum atomic E-state index is 11.5. The zero-order valence-electron chi connectivity index (χ0n) is 8.87. The molecule has 0 aromatic carbocycles. The standard InChI is InChI=1S/C11H12O4/c1-4-5-9(13)11-8(7(2)12)6-10(14-3)15-11/h4-6H,1-3H3. The lowest BCUT2D eigenvalue weighted by Crippen LogP contribution is -2.00. The molecular weight excluding hydrogens is 196 g/mol. The molecule has 4 heteroatoms. The van der Waals surface area contributed by atoms with Crippen molar-refractivity contribution in [2.45, 2.75) is 13.8 Å². The van der Waals surface area contributed by atoms with Crippen LogP contribution in [-0.2, 0) is 0 Å². The van der Waals surface area contributed by atoms with Crippen LogP contribution < -0.4 is 4.74 Å². The Morgan fingerprint density at radius 2 is 2.13 bits per heavy atom. The second-order valence-electron chi connectivity index (χ2n) is 2.93. The highest BCUT2D eigenvalue weighted by atomic mass is 16.6. The van der Waals surface area contributed by atoms with Gasteiger partial charge in [0, 0.05) is 6.07 Å². The molecule has 0 spiro atoms. The van der Waals surface area contributed by atoms with Gasteiger partial charge in [0.1, 0.15) is 0 Å². The average molecular weight is 208 g/mol. The van der Waals surface area contributed by atoms with Gasteiger partial charge in [-0.05, 0) is 19.9 Å². The summed E-state index contributed by atoms with van der Waals surface area (Å²) in [5, 5.41) is 0. The van der Waals surface area contributed by atoms with Crippen molar-refractivity contribution < 1.29 is 18.7 Å². The van der Waals surface area contributed by atoms with Gasteiger partial charge in [0.05, 0.1) is 12.7 Å². The summed E-state index contributed by atoms with van der Waals surface area (Å²) in [6.07, 6.45) is 2.92. The fraction of sp³-hybridized carbons (Fsp3) is 0.273. The van der Waals surface area contributed by atoms with Crippen molar-refractivity contribution in [2.24, 2.45) is 0 Å². The number of carbonyl (C=O) groups excluding carboxylic acids is 2. The van der Waals surface area contributed by atoms with Gasteiger partial charge in [-0.1, -0.05) is 6.08 Å². The maximum absolute atomic E-state index is 11.5. The fourth-order valence-electron chi connectivity index (χ4n) is 1.14. The summed E-state index contributed by atoms with van der Waals surface area (Å²) in [4.78, 5) is 22.7. The minimum absolute atomic E-state index is 0.0254. The van der Waals surface area contributed by atoms with Crippen LogP contribution in [0.15, 0.2) is 22.6 Å². The zero-order chi connectivity index (χ0) is 11.4. The molecular formula is C11H12O4. The van der Waals surface area contributed by atoms with E-state index in [0.29, 0.717) is 0 Å². The third-order valence-electron chi connectivity index (χ3n) is 1.83. The highest BCUT2D eigenvalue weighted by molar-refractivity contribution is 6.10. The zero-order valence-corrected chi connectivity index (χ0v) is 8.87. The SMILES string of the molecule is CC=CC(=O)c1oc(OC)cc1C(C)=O. The molecule has 1 aromatic heterocycles. The smallest absolute Gasteiger partial charge is 0.285 e. The Morgan fingerprint density at radius 1 is 1.47 bits per heavy atom. The normalized spacial score (nSPS) is 10.6. The molecule has 15 heavy (non-hydrogen) atoms. The van der Waals surface area contributed by atoms with Crippen molar-refractivity contribution in [1.29, 1.82) is 0 Å². The molecule has 0 saturated heterocycles. The topological polar surface area (TPSA) is 56.5 Å². The van der Waals surface area contributed by atoms with E-state index in [1.807, 2.05) is 0 Å². The lowest BCUT2D eigenvalue weighted by Gasteiger charge is -1.92. The molecule has 0 aliphatic carbocycles. The van der Waals surface area contributed by atoms with Crippen molar-refractivity contribution in [1.82, 2.24) is 0 Å². The van der Waals surface area contributed by atoms with E-state index >= 15 is 0 Å². The van der Waals surface area contributed by atoms with Crippen LogP contribution in [0.4, 0.5) is 0 Å². The molecule has 0 saturated carbocycles. The lowest BCUT2D eigenvalue weighted by atomic mass is 10.1. The van der Waals surface area contributed by atoms with Crippen LogP contribution in [0.5, 0.6) is 5.95 Å². The molecule has 0 atom stereocenters. The molecule has 0 fully saturated rings. The van der Waals surface area contributed by atoms with E-state index in [4.69, 9.17) is 9.15 Å².